The molecule has 0 unspecified atom stereocenters. The van der Waals surface area contributed by atoms with Gasteiger partial charge in [-0.2, -0.15) is 0 Å². The first-order chi connectivity index (χ1) is 7.75. The predicted octanol–water partition coefficient (Wildman–Crippen LogP) is 3.52. The lowest BCUT2D eigenvalue weighted by Crippen LogP contribution is -2.38. The number of thiocarbonyl (C=S) groups is 1. The molecule has 1 aromatic rings. The number of hydrogen-bond donors (Lipinski definition) is 1. The van der Waals surface area contributed by atoms with E-state index in [2.05, 4.69) is 10.2 Å². The zero-order valence-corrected chi connectivity index (χ0v) is 10.7. The molecule has 1 aromatic carbocycles. The van der Waals surface area contributed by atoms with Crippen LogP contribution in [0.2, 0.25) is 5.02 Å². The molecule has 16 heavy (non-hydrogen) atoms. The third-order valence-electron chi connectivity index (χ3n) is 2.72. The second-order valence-electron chi connectivity index (χ2n) is 3.99. The van der Waals surface area contributed by atoms with Crippen LogP contribution in [0.4, 0.5) is 5.69 Å². The van der Waals surface area contributed by atoms with Crippen LogP contribution >= 0.6 is 23.8 Å². The molecule has 1 aliphatic rings. The van der Waals surface area contributed by atoms with Crippen molar-refractivity contribution >= 4 is 34.6 Å². The normalized spacial score (nSPS) is 15.9. The average Bonchev–Trinajstić information content (AvgIpc) is 2.30. The molecule has 0 saturated carbocycles. The van der Waals surface area contributed by atoms with Gasteiger partial charge in [0.15, 0.2) is 5.11 Å². The van der Waals surface area contributed by atoms with Crippen molar-refractivity contribution in [2.75, 3.05) is 18.4 Å². The monoisotopic (exact) mass is 254 g/mol. The number of nitrogens with zero attached hydrogens (tertiary/aromatic N) is 1. The van der Waals surface area contributed by atoms with Crippen molar-refractivity contribution in [3.63, 3.8) is 0 Å². The lowest BCUT2D eigenvalue weighted by atomic mass is 10.1. The molecule has 0 bridgehead atoms. The van der Waals surface area contributed by atoms with E-state index in [4.69, 9.17) is 23.8 Å². The van der Waals surface area contributed by atoms with Gasteiger partial charge in [-0.15, -0.1) is 0 Å². The van der Waals surface area contributed by atoms with Crippen molar-refractivity contribution in [2.45, 2.75) is 19.3 Å². The summed E-state index contributed by atoms with van der Waals surface area (Å²) in [5, 5.41) is 4.76. The van der Waals surface area contributed by atoms with Gasteiger partial charge in [0, 0.05) is 23.8 Å². The number of nitrogens with one attached hydrogen (secondary N) is 1. The van der Waals surface area contributed by atoms with Crippen molar-refractivity contribution < 1.29 is 0 Å². The Hall–Kier alpha value is -0.800. The largest absolute Gasteiger partial charge is 0.349 e. The molecule has 0 atom stereocenters. The molecular weight excluding hydrogens is 240 g/mol. The van der Waals surface area contributed by atoms with E-state index in [1.807, 2.05) is 24.3 Å². The van der Waals surface area contributed by atoms with E-state index in [1.165, 1.54) is 19.3 Å². The van der Waals surface area contributed by atoms with E-state index in [-0.39, 0.29) is 0 Å². The maximum atomic E-state index is 5.92. The number of anilines is 1. The lowest BCUT2D eigenvalue weighted by molar-refractivity contribution is 0.346. The molecule has 1 fully saturated rings. The van der Waals surface area contributed by atoms with Gasteiger partial charge in [-0.05, 0) is 49.7 Å². The van der Waals surface area contributed by atoms with Crippen LogP contribution in [0.25, 0.3) is 0 Å². The summed E-state index contributed by atoms with van der Waals surface area (Å²) < 4.78 is 0. The van der Waals surface area contributed by atoms with E-state index in [9.17, 15) is 0 Å². The Balaban J connectivity index is 1.96. The Bertz CT molecular complexity index is 375. The van der Waals surface area contributed by atoms with Crippen LogP contribution < -0.4 is 5.32 Å². The second kappa shape index (κ2) is 5.51. The van der Waals surface area contributed by atoms with E-state index in [1.54, 1.807) is 0 Å². The predicted molar refractivity (Wildman–Crippen MR) is 73.1 cm³/mol. The highest BCUT2D eigenvalue weighted by atomic mass is 35.5. The summed E-state index contributed by atoms with van der Waals surface area (Å²) in [5.41, 5.74) is 0.961. The van der Waals surface area contributed by atoms with E-state index < -0.39 is 0 Å². The molecule has 1 saturated heterocycles. The molecule has 0 aliphatic carbocycles. The molecule has 1 aliphatic heterocycles. The highest BCUT2D eigenvalue weighted by molar-refractivity contribution is 7.80. The summed E-state index contributed by atoms with van der Waals surface area (Å²) >= 11 is 11.3. The Morgan fingerprint density at radius 1 is 1.25 bits per heavy atom. The molecule has 1 heterocycles. The molecule has 1 N–H and O–H groups in total. The molecule has 86 valence electrons. The molecule has 4 heteroatoms. The molecule has 0 radical (unpaired) electrons. The molecule has 0 amide bonds. The molecular formula is C12H15ClN2S. The summed E-state index contributed by atoms with van der Waals surface area (Å²) in [5.74, 6) is 0. The van der Waals surface area contributed by atoms with Crippen molar-refractivity contribution in [1.29, 1.82) is 0 Å². The summed E-state index contributed by atoms with van der Waals surface area (Å²) in [7, 11) is 0. The summed E-state index contributed by atoms with van der Waals surface area (Å²) in [4.78, 5) is 2.22. The first kappa shape index (κ1) is 11.7. The SMILES string of the molecule is S=C(Nc1cccc(Cl)c1)N1CCCCC1. The number of rotatable bonds is 1. The fourth-order valence-electron chi connectivity index (χ4n) is 1.87. The Morgan fingerprint density at radius 2 is 2.00 bits per heavy atom. The highest BCUT2D eigenvalue weighted by Gasteiger charge is 2.12. The maximum absolute atomic E-state index is 5.92. The average molecular weight is 255 g/mol. The Kier molecular flexibility index (Phi) is 4.02. The van der Waals surface area contributed by atoms with Gasteiger partial charge in [-0.25, -0.2) is 0 Å². The quantitative estimate of drug-likeness (QED) is 0.772. The summed E-state index contributed by atoms with van der Waals surface area (Å²) in [6.45, 7) is 2.12. The molecule has 2 rings (SSSR count). The zero-order valence-electron chi connectivity index (χ0n) is 9.08. The van der Waals surface area contributed by atoms with Crippen LogP contribution in [0.5, 0.6) is 0 Å². The van der Waals surface area contributed by atoms with Crippen molar-refractivity contribution in [2.24, 2.45) is 0 Å². The minimum absolute atomic E-state index is 0.728. The van der Waals surface area contributed by atoms with Gasteiger partial charge in [-0.1, -0.05) is 17.7 Å². The number of halogens is 1. The van der Waals surface area contributed by atoms with E-state index in [0.717, 1.165) is 28.9 Å². The first-order valence-electron chi connectivity index (χ1n) is 5.57. The maximum Gasteiger partial charge on any atom is 0.173 e. The minimum Gasteiger partial charge on any atom is -0.349 e. The minimum atomic E-state index is 0.728. The summed E-state index contributed by atoms with van der Waals surface area (Å²) in [6.07, 6.45) is 3.78. The Labute approximate surface area is 107 Å². The molecule has 0 aromatic heterocycles. The van der Waals surface area contributed by atoms with Crippen LogP contribution in [0.1, 0.15) is 19.3 Å². The van der Waals surface area contributed by atoms with Crippen LogP contribution in [0.3, 0.4) is 0 Å². The fraction of sp³-hybridized carbons (Fsp3) is 0.417. The Morgan fingerprint density at radius 3 is 2.69 bits per heavy atom. The number of hydrogen-bond acceptors (Lipinski definition) is 1. The highest BCUT2D eigenvalue weighted by Crippen LogP contribution is 2.16. The van der Waals surface area contributed by atoms with Gasteiger partial charge in [0.1, 0.15) is 0 Å². The molecule has 0 spiro atoms. The van der Waals surface area contributed by atoms with Crippen molar-refractivity contribution in [3.8, 4) is 0 Å². The van der Waals surface area contributed by atoms with Crippen LogP contribution in [-0.2, 0) is 0 Å². The third-order valence-corrected chi connectivity index (χ3v) is 3.31. The summed E-state index contributed by atoms with van der Waals surface area (Å²) in [6, 6.07) is 7.64. The fourth-order valence-corrected chi connectivity index (χ4v) is 2.36. The topological polar surface area (TPSA) is 15.3 Å². The zero-order chi connectivity index (χ0) is 11.4. The first-order valence-corrected chi connectivity index (χ1v) is 6.36. The smallest absolute Gasteiger partial charge is 0.173 e. The number of likely N-dealkylation sites (tertiary alicyclic amines) is 1. The number of piperidine rings is 1. The van der Waals surface area contributed by atoms with Crippen LogP contribution in [0.15, 0.2) is 24.3 Å². The lowest BCUT2D eigenvalue weighted by Gasteiger charge is -2.29. The van der Waals surface area contributed by atoms with Gasteiger partial charge in [0.05, 0.1) is 0 Å². The van der Waals surface area contributed by atoms with Gasteiger partial charge in [-0.3, -0.25) is 0 Å². The number of benzene rings is 1. The second-order valence-corrected chi connectivity index (χ2v) is 4.81. The van der Waals surface area contributed by atoms with Crippen molar-refractivity contribution in [1.82, 2.24) is 4.90 Å². The third kappa shape index (κ3) is 3.09. The van der Waals surface area contributed by atoms with Gasteiger partial charge in [0.2, 0.25) is 0 Å². The standard InChI is InChI=1S/C12H15ClN2S/c13-10-5-4-6-11(9-10)14-12(16)15-7-2-1-3-8-15/h4-6,9H,1-3,7-8H2,(H,14,16). The van der Waals surface area contributed by atoms with Crippen molar-refractivity contribution in [3.05, 3.63) is 29.3 Å². The van der Waals surface area contributed by atoms with Gasteiger partial charge >= 0.3 is 0 Å². The molecule has 2 nitrogen and oxygen atoms in total. The van der Waals surface area contributed by atoms with E-state index >= 15 is 0 Å². The van der Waals surface area contributed by atoms with Crippen LogP contribution in [-0.4, -0.2) is 23.1 Å². The van der Waals surface area contributed by atoms with Gasteiger partial charge < -0.3 is 10.2 Å². The van der Waals surface area contributed by atoms with E-state index in [0.29, 0.717) is 0 Å². The van der Waals surface area contributed by atoms with Gasteiger partial charge in [0.25, 0.3) is 0 Å². The van der Waals surface area contributed by atoms with Crippen LogP contribution in [0, 0.1) is 0 Å².